The molecule has 2 amide bonds. The van der Waals surface area contributed by atoms with E-state index >= 15 is 0 Å². The first-order valence-electron chi connectivity index (χ1n) is 8.47. The van der Waals surface area contributed by atoms with Gasteiger partial charge in [-0.3, -0.25) is 19.9 Å². The van der Waals surface area contributed by atoms with Crippen LogP contribution in [0.2, 0.25) is 0 Å². The van der Waals surface area contributed by atoms with Gasteiger partial charge in [-0.05, 0) is 60.2 Å². The maximum absolute atomic E-state index is 11.7. The Morgan fingerprint density at radius 2 is 2.04 bits per heavy atom. The molecular formula is C18H17N3O4S. The Bertz CT molecular complexity index is 877. The van der Waals surface area contributed by atoms with Gasteiger partial charge in [0, 0.05) is 12.6 Å². The predicted octanol–water partition coefficient (Wildman–Crippen LogP) is 2.25. The van der Waals surface area contributed by atoms with Crippen molar-refractivity contribution in [2.24, 2.45) is 5.10 Å². The van der Waals surface area contributed by atoms with Gasteiger partial charge in [0.25, 0.3) is 11.1 Å². The predicted molar refractivity (Wildman–Crippen MR) is 96.7 cm³/mol. The minimum absolute atomic E-state index is 0.150. The average molecular weight is 371 g/mol. The summed E-state index contributed by atoms with van der Waals surface area (Å²) in [5.41, 5.74) is 4.25. The van der Waals surface area contributed by atoms with Crippen molar-refractivity contribution in [3.8, 4) is 0 Å². The van der Waals surface area contributed by atoms with E-state index in [0.717, 1.165) is 30.2 Å². The minimum atomic E-state index is -1.02. The number of carbonyl (C=O) groups is 3. The molecule has 1 aliphatic carbocycles. The fraction of sp³-hybridized carbons (Fsp3) is 0.333. The average Bonchev–Trinajstić information content (AvgIpc) is 3.18. The molecule has 2 aliphatic heterocycles. The van der Waals surface area contributed by atoms with E-state index in [1.165, 1.54) is 35.2 Å². The normalized spacial score (nSPS) is 23.8. The standard InChI is InChI=1S/C18H17N3O4S/c22-16-15(26-18(25)19-16)9-21-14(17(23)24)8-13(20-21)12-6-5-10-3-1-2-4-11(10)7-12/h5-7,9,14H,1-4,8H2,(H,23,24)(H,19,22,25)/b15-9-/t14-/m0/s1. The largest absolute Gasteiger partial charge is 0.480 e. The molecule has 1 saturated heterocycles. The summed E-state index contributed by atoms with van der Waals surface area (Å²) >= 11 is 0.748. The number of hydrogen-bond donors (Lipinski definition) is 2. The number of hydrazone groups is 1. The number of benzene rings is 1. The summed E-state index contributed by atoms with van der Waals surface area (Å²) in [5, 5.41) is 16.9. The highest BCUT2D eigenvalue weighted by atomic mass is 32.2. The molecule has 1 fully saturated rings. The van der Waals surface area contributed by atoms with Gasteiger partial charge >= 0.3 is 5.97 Å². The molecule has 0 aromatic heterocycles. The van der Waals surface area contributed by atoms with E-state index in [1.807, 2.05) is 6.07 Å². The monoisotopic (exact) mass is 371 g/mol. The fourth-order valence-electron chi connectivity index (χ4n) is 3.47. The number of rotatable bonds is 3. The van der Waals surface area contributed by atoms with E-state index in [1.54, 1.807) is 0 Å². The molecule has 8 heteroatoms. The van der Waals surface area contributed by atoms with Crippen molar-refractivity contribution in [2.45, 2.75) is 38.1 Å². The Balaban J connectivity index is 1.65. The zero-order valence-corrected chi connectivity index (χ0v) is 14.7. The van der Waals surface area contributed by atoms with Crippen molar-refractivity contribution in [1.29, 1.82) is 0 Å². The first-order valence-corrected chi connectivity index (χ1v) is 9.29. The highest BCUT2D eigenvalue weighted by Gasteiger charge is 2.35. The zero-order valence-electron chi connectivity index (χ0n) is 13.9. The van der Waals surface area contributed by atoms with E-state index in [4.69, 9.17) is 0 Å². The molecule has 4 rings (SSSR count). The van der Waals surface area contributed by atoms with Crippen LogP contribution >= 0.6 is 11.8 Å². The van der Waals surface area contributed by atoms with Gasteiger partial charge in [0.15, 0.2) is 6.04 Å². The van der Waals surface area contributed by atoms with Crippen LogP contribution in [0.1, 0.15) is 36.0 Å². The van der Waals surface area contributed by atoms with Crippen LogP contribution in [0.5, 0.6) is 0 Å². The third-order valence-corrected chi connectivity index (χ3v) is 5.60. The first-order chi connectivity index (χ1) is 12.5. The lowest BCUT2D eigenvalue weighted by molar-refractivity contribution is -0.141. The van der Waals surface area contributed by atoms with Crippen molar-refractivity contribution in [2.75, 3.05) is 0 Å². The number of imide groups is 1. The number of nitrogens with zero attached hydrogens (tertiary/aromatic N) is 2. The Kier molecular flexibility index (Phi) is 4.28. The molecular weight excluding hydrogens is 354 g/mol. The van der Waals surface area contributed by atoms with E-state index < -0.39 is 23.2 Å². The molecule has 1 atom stereocenters. The molecule has 0 saturated carbocycles. The summed E-state index contributed by atoms with van der Waals surface area (Å²) in [4.78, 5) is 34.8. The maximum Gasteiger partial charge on any atom is 0.328 e. The summed E-state index contributed by atoms with van der Waals surface area (Å²) in [6, 6.07) is 5.29. The van der Waals surface area contributed by atoms with Crippen LogP contribution in [0.25, 0.3) is 0 Å². The Labute approximate surface area is 154 Å². The van der Waals surface area contributed by atoms with Gasteiger partial charge in [-0.25, -0.2) is 4.79 Å². The maximum atomic E-state index is 11.7. The van der Waals surface area contributed by atoms with Crippen LogP contribution < -0.4 is 5.32 Å². The molecule has 2 heterocycles. The van der Waals surface area contributed by atoms with Crippen LogP contribution in [-0.4, -0.2) is 39.0 Å². The number of hydrogen-bond acceptors (Lipinski definition) is 6. The highest BCUT2D eigenvalue weighted by Crippen LogP contribution is 2.29. The van der Waals surface area contributed by atoms with Gasteiger partial charge in [0.2, 0.25) is 0 Å². The van der Waals surface area contributed by atoms with E-state index in [9.17, 15) is 19.5 Å². The Morgan fingerprint density at radius 1 is 1.27 bits per heavy atom. The fourth-order valence-corrected chi connectivity index (χ4v) is 4.11. The Hall–Kier alpha value is -2.61. The summed E-state index contributed by atoms with van der Waals surface area (Å²) in [6.07, 6.45) is 6.07. The molecule has 1 aromatic carbocycles. The van der Waals surface area contributed by atoms with Crippen molar-refractivity contribution < 1.29 is 19.5 Å². The number of fused-ring (bicyclic) bond motifs is 1. The van der Waals surface area contributed by atoms with Gasteiger partial charge < -0.3 is 5.11 Å². The molecule has 0 unspecified atom stereocenters. The number of carboxylic acid groups (broad SMARTS) is 1. The quantitative estimate of drug-likeness (QED) is 0.791. The number of aryl methyl sites for hydroxylation is 2. The van der Waals surface area contributed by atoms with Gasteiger partial charge in [-0.2, -0.15) is 5.10 Å². The molecule has 2 N–H and O–H groups in total. The molecule has 0 spiro atoms. The van der Waals surface area contributed by atoms with E-state index in [0.29, 0.717) is 5.71 Å². The van der Waals surface area contributed by atoms with Crippen LogP contribution in [0.15, 0.2) is 34.4 Å². The lowest BCUT2D eigenvalue weighted by atomic mass is 9.89. The molecule has 134 valence electrons. The van der Waals surface area contributed by atoms with Crippen LogP contribution in [0, 0.1) is 0 Å². The summed E-state index contributed by atoms with van der Waals surface area (Å²) in [6.45, 7) is 0. The lowest BCUT2D eigenvalue weighted by Crippen LogP contribution is -2.31. The summed E-state index contributed by atoms with van der Waals surface area (Å²) < 4.78 is 0. The lowest BCUT2D eigenvalue weighted by Gasteiger charge is -2.16. The number of carbonyl (C=O) groups excluding carboxylic acids is 2. The number of aliphatic carboxylic acids is 1. The molecule has 7 nitrogen and oxygen atoms in total. The molecule has 26 heavy (non-hydrogen) atoms. The molecule has 0 radical (unpaired) electrons. The van der Waals surface area contributed by atoms with Crippen molar-refractivity contribution >= 4 is 34.6 Å². The summed E-state index contributed by atoms with van der Waals surface area (Å²) in [7, 11) is 0. The molecule has 1 aromatic rings. The van der Waals surface area contributed by atoms with Crippen molar-refractivity contribution in [3.63, 3.8) is 0 Å². The minimum Gasteiger partial charge on any atom is -0.480 e. The third-order valence-electron chi connectivity index (χ3n) is 4.80. The van der Waals surface area contributed by atoms with Gasteiger partial charge in [-0.15, -0.1) is 0 Å². The summed E-state index contributed by atoms with van der Waals surface area (Å²) in [5.74, 6) is -1.55. The highest BCUT2D eigenvalue weighted by molar-refractivity contribution is 8.18. The smallest absolute Gasteiger partial charge is 0.328 e. The van der Waals surface area contributed by atoms with Gasteiger partial charge in [0.05, 0.1) is 5.71 Å². The van der Waals surface area contributed by atoms with Crippen LogP contribution in [0.4, 0.5) is 4.79 Å². The van der Waals surface area contributed by atoms with Gasteiger partial charge in [-0.1, -0.05) is 12.1 Å². The molecule has 0 bridgehead atoms. The van der Waals surface area contributed by atoms with E-state index in [-0.39, 0.29) is 11.3 Å². The topological polar surface area (TPSA) is 99.1 Å². The van der Waals surface area contributed by atoms with Gasteiger partial charge in [0.1, 0.15) is 4.91 Å². The van der Waals surface area contributed by atoms with E-state index in [2.05, 4.69) is 22.6 Å². The Morgan fingerprint density at radius 3 is 2.73 bits per heavy atom. The second-order valence-electron chi connectivity index (χ2n) is 6.51. The molecule has 3 aliphatic rings. The van der Waals surface area contributed by atoms with Crippen molar-refractivity contribution in [1.82, 2.24) is 10.3 Å². The number of amides is 2. The van der Waals surface area contributed by atoms with Crippen LogP contribution in [-0.2, 0) is 22.4 Å². The van der Waals surface area contributed by atoms with Crippen LogP contribution in [0.3, 0.4) is 0 Å². The second-order valence-corrected chi connectivity index (χ2v) is 7.53. The number of thioether (sulfide) groups is 1. The second kappa shape index (κ2) is 6.60. The SMILES string of the molecule is O=C1NC(=O)/C(=C/N2N=C(c3ccc4c(c3)CCCC4)C[C@H]2C(=O)O)S1. The number of nitrogens with one attached hydrogen (secondary N) is 1. The first kappa shape index (κ1) is 16.8. The third kappa shape index (κ3) is 3.12. The zero-order chi connectivity index (χ0) is 18.3. The number of carboxylic acids is 1. The van der Waals surface area contributed by atoms with Crippen molar-refractivity contribution in [3.05, 3.63) is 46.0 Å².